The maximum atomic E-state index is 11.7. The summed E-state index contributed by atoms with van der Waals surface area (Å²) in [7, 11) is 0. The van der Waals surface area contributed by atoms with Crippen molar-refractivity contribution >= 4 is 6.09 Å². The number of ether oxygens (including phenoxy) is 1. The molecular weight excluding hydrogens is 280 g/mol. The monoisotopic (exact) mass is 310 g/mol. The van der Waals surface area contributed by atoms with Gasteiger partial charge in [0.05, 0.1) is 6.54 Å². The Morgan fingerprint density at radius 2 is 1.95 bits per heavy atom. The van der Waals surface area contributed by atoms with Crippen LogP contribution in [0, 0.1) is 0 Å². The Labute approximate surface area is 133 Å². The van der Waals surface area contributed by atoms with Crippen molar-refractivity contribution in [3.05, 3.63) is 23.7 Å². The first-order valence-corrected chi connectivity index (χ1v) is 8.11. The van der Waals surface area contributed by atoms with E-state index < -0.39 is 5.60 Å². The Hall–Kier alpha value is -1.49. The summed E-state index contributed by atoms with van der Waals surface area (Å²) >= 11 is 0. The van der Waals surface area contributed by atoms with Crippen LogP contribution in [0.2, 0.25) is 0 Å². The first-order chi connectivity index (χ1) is 10.3. The lowest BCUT2D eigenvalue weighted by molar-refractivity contribution is 0.0521. The van der Waals surface area contributed by atoms with Crippen molar-refractivity contribution in [1.29, 1.82) is 0 Å². The fourth-order valence-electron chi connectivity index (χ4n) is 2.10. The zero-order valence-electron chi connectivity index (χ0n) is 14.5. The van der Waals surface area contributed by atoms with E-state index in [1.807, 2.05) is 32.9 Å². The van der Waals surface area contributed by atoms with E-state index in [1.165, 1.54) is 0 Å². The Kier molecular flexibility index (Phi) is 7.45. The number of furan rings is 1. The smallest absolute Gasteiger partial charge is 0.407 e. The van der Waals surface area contributed by atoms with Crippen molar-refractivity contribution in [2.45, 2.75) is 72.1 Å². The molecular formula is C17H30N2O3. The molecule has 1 heterocycles. The molecule has 1 unspecified atom stereocenters. The van der Waals surface area contributed by atoms with E-state index in [-0.39, 0.29) is 12.1 Å². The summed E-state index contributed by atoms with van der Waals surface area (Å²) in [5.41, 5.74) is -0.470. The van der Waals surface area contributed by atoms with Gasteiger partial charge in [0.2, 0.25) is 0 Å². The quantitative estimate of drug-likeness (QED) is 0.769. The minimum Gasteiger partial charge on any atom is -0.465 e. The Morgan fingerprint density at radius 1 is 1.27 bits per heavy atom. The summed E-state index contributed by atoms with van der Waals surface area (Å²) in [6.07, 6.45) is 2.56. The predicted molar refractivity (Wildman–Crippen MR) is 87.9 cm³/mol. The number of carbonyl (C=O) groups excluding carboxylic acids is 1. The molecule has 0 radical (unpaired) electrons. The van der Waals surface area contributed by atoms with Crippen LogP contribution in [0.25, 0.3) is 0 Å². The van der Waals surface area contributed by atoms with Crippen molar-refractivity contribution in [3.8, 4) is 0 Å². The standard InChI is InChI=1S/C17H30N2O3/c1-6-8-13(11-19-16(20)22-17(3,4)5)18-12-15-10-9-14(7-2)21-15/h9-10,13,18H,6-8,11-12H2,1-5H3,(H,19,20). The van der Waals surface area contributed by atoms with Gasteiger partial charge in [0.15, 0.2) is 0 Å². The molecule has 22 heavy (non-hydrogen) atoms. The lowest BCUT2D eigenvalue weighted by Gasteiger charge is -2.22. The fourth-order valence-corrected chi connectivity index (χ4v) is 2.10. The third-order valence-corrected chi connectivity index (χ3v) is 3.16. The molecule has 1 atom stereocenters. The van der Waals surface area contributed by atoms with Crippen LogP contribution in [0.1, 0.15) is 59.0 Å². The number of aryl methyl sites for hydroxylation is 1. The van der Waals surface area contributed by atoms with Gasteiger partial charge in [-0.2, -0.15) is 0 Å². The van der Waals surface area contributed by atoms with Crippen LogP contribution in [0.5, 0.6) is 0 Å². The molecule has 0 saturated heterocycles. The van der Waals surface area contributed by atoms with Crippen LogP contribution in [-0.4, -0.2) is 24.3 Å². The number of alkyl carbamates (subject to hydrolysis) is 1. The summed E-state index contributed by atoms with van der Waals surface area (Å²) in [6.45, 7) is 11.0. The van der Waals surface area contributed by atoms with Gasteiger partial charge < -0.3 is 19.8 Å². The summed E-state index contributed by atoms with van der Waals surface area (Å²) < 4.78 is 10.9. The van der Waals surface area contributed by atoms with Gasteiger partial charge in [-0.25, -0.2) is 4.79 Å². The Morgan fingerprint density at radius 3 is 2.50 bits per heavy atom. The van der Waals surface area contributed by atoms with E-state index >= 15 is 0 Å². The lowest BCUT2D eigenvalue weighted by Crippen LogP contribution is -2.42. The molecule has 2 N–H and O–H groups in total. The van der Waals surface area contributed by atoms with Crippen molar-refractivity contribution < 1.29 is 13.9 Å². The summed E-state index contributed by atoms with van der Waals surface area (Å²) in [6, 6.07) is 4.20. The molecule has 0 spiro atoms. The molecule has 0 saturated carbocycles. The number of hydrogen-bond acceptors (Lipinski definition) is 4. The van der Waals surface area contributed by atoms with Gasteiger partial charge in [-0.1, -0.05) is 20.3 Å². The highest BCUT2D eigenvalue weighted by Gasteiger charge is 2.17. The second kappa shape index (κ2) is 8.83. The maximum absolute atomic E-state index is 11.7. The summed E-state index contributed by atoms with van der Waals surface area (Å²) in [5, 5.41) is 6.25. The average molecular weight is 310 g/mol. The third-order valence-electron chi connectivity index (χ3n) is 3.16. The first kappa shape index (κ1) is 18.6. The minimum atomic E-state index is -0.470. The Bertz CT molecular complexity index is 449. The van der Waals surface area contributed by atoms with Gasteiger partial charge in [0.25, 0.3) is 0 Å². The van der Waals surface area contributed by atoms with Crippen LogP contribution in [0.15, 0.2) is 16.5 Å². The van der Waals surface area contributed by atoms with E-state index in [4.69, 9.17) is 9.15 Å². The SMILES string of the molecule is CCCC(CNC(=O)OC(C)(C)C)NCc1ccc(CC)o1. The molecule has 0 bridgehead atoms. The highest BCUT2D eigenvalue weighted by atomic mass is 16.6. The number of hydrogen-bond donors (Lipinski definition) is 2. The maximum Gasteiger partial charge on any atom is 0.407 e. The second-order valence-electron chi connectivity index (χ2n) is 6.47. The van der Waals surface area contributed by atoms with Gasteiger partial charge in [-0.05, 0) is 39.3 Å². The molecule has 0 fully saturated rings. The van der Waals surface area contributed by atoms with Crippen LogP contribution < -0.4 is 10.6 Å². The molecule has 0 aliphatic carbocycles. The molecule has 0 aliphatic heterocycles. The van der Waals surface area contributed by atoms with Gasteiger partial charge in [0.1, 0.15) is 17.1 Å². The molecule has 0 aliphatic rings. The minimum absolute atomic E-state index is 0.202. The predicted octanol–water partition coefficient (Wildman–Crippen LogP) is 3.63. The highest BCUT2D eigenvalue weighted by molar-refractivity contribution is 5.67. The normalized spacial score (nSPS) is 13.0. The fraction of sp³-hybridized carbons (Fsp3) is 0.706. The van der Waals surface area contributed by atoms with Crippen LogP contribution in [0.4, 0.5) is 4.79 Å². The summed E-state index contributed by atoms with van der Waals surface area (Å²) in [4.78, 5) is 11.7. The number of amides is 1. The third kappa shape index (κ3) is 7.50. The van der Waals surface area contributed by atoms with Gasteiger partial charge >= 0.3 is 6.09 Å². The molecule has 1 rings (SSSR count). The Balaban J connectivity index is 2.39. The highest BCUT2D eigenvalue weighted by Crippen LogP contribution is 2.09. The van der Waals surface area contributed by atoms with Gasteiger partial charge in [-0.15, -0.1) is 0 Å². The molecule has 1 aromatic rings. The lowest BCUT2D eigenvalue weighted by atomic mass is 10.1. The van der Waals surface area contributed by atoms with Gasteiger partial charge in [-0.3, -0.25) is 0 Å². The van der Waals surface area contributed by atoms with Crippen molar-refractivity contribution in [2.24, 2.45) is 0 Å². The van der Waals surface area contributed by atoms with E-state index in [1.54, 1.807) is 0 Å². The van der Waals surface area contributed by atoms with Crippen molar-refractivity contribution in [1.82, 2.24) is 10.6 Å². The molecule has 1 amide bonds. The topological polar surface area (TPSA) is 63.5 Å². The van der Waals surface area contributed by atoms with E-state index in [0.29, 0.717) is 13.1 Å². The average Bonchev–Trinajstić information content (AvgIpc) is 2.88. The van der Waals surface area contributed by atoms with Crippen LogP contribution in [-0.2, 0) is 17.7 Å². The van der Waals surface area contributed by atoms with Crippen LogP contribution in [0.3, 0.4) is 0 Å². The van der Waals surface area contributed by atoms with Crippen molar-refractivity contribution in [2.75, 3.05) is 6.54 Å². The number of rotatable bonds is 8. The van der Waals surface area contributed by atoms with E-state index in [9.17, 15) is 4.79 Å². The zero-order chi connectivity index (χ0) is 16.6. The molecule has 0 aromatic carbocycles. The number of carbonyl (C=O) groups is 1. The largest absolute Gasteiger partial charge is 0.465 e. The van der Waals surface area contributed by atoms with Gasteiger partial charge in [0, 0.05) is 19.0 Å². The van der Waals surface area contributed by atoms with E-state index in [2.05, 4.69) is 24.5 Å². The molecule has 1 aromatic heterocycles. The van der Waals surface area contributed by atoms with E-state index in [0.717, 1.165) is 30.8 Å². The van der Waals surface area contributed by atoms with Crippen LogP contribution >= 0.6 is 0 Å². The summed E-state index contributed by atoms with van der Waals surface area (Å²) in [5.74, 6) is 1.92. The molecule has 126 valence electrons. The molecule has 5 heteroatoms. The second-order valence-corrected chi connectivity index (χ2v) is 6.47. The molecule has 5 nitrogen and oxygen atoms in total. The van der Waals surface area contributed by atoms with Crippen molar-refractivity contribution in [3.63, 3.8) is 0 Å². The first-order valence-electron chi connectivity index (χ1n) is 8.11. The zero-order valence-corrected chi connectivity index (χ0v) is 14.5. The number of nitrogens with one attached hydrogen (secondary N) is 2.